The highest BCUT2D eigenvalue weighted by atomic mass is 19.4. The lowest BCUT2D eigenvalue weighted by atomic mass is 9.87. The van der Waals surface area contributed by atoms with Crippen molar-refractivity contribution in [1.29, 1.82) is 0 Å². The molecule has 0 saturated heterocycles. The molecule has 0 rings (SSSR count). The Labute approximate surface area is 168 Å². The Morgan fingerprint density at radius 3 is 1.15 bits per heavy atom. The van der Waals surface area contributed by atoms with E-state index in [1.807, 2.05) is 0 Å². The number of halogens is 18. The smallest absolute Gasteiger partial charge is 0.460 e. The second-order valence-corrected chi connectivity index (χ2v) is 6.09. The number of hydrogen-bond donors (Lipinski definition) is 1. The normalized spacial score (nSPS) is 16.2. The number of rotatable bonds is 10. The van der Waals surface area contributed by atoms with Crippen LogP contribution in [0.2, 0.25) is 0 Å². The second-order valence-electron chi connectivity index (χ2n) is 6.09. The van der Waals surface area contributed by atoms with E-state index in [-0.39, 0.29) is 0 Å². The number of aliphatic carboxylic acids is 1. The topological polar surface area (TPSA) is 37.3 Å². The molecule has 33 heavy (non-hydrogen) atoms. The molecule has 0 fully saturated rings. The second kappa shape index (κ2) is 8.31. The molecule has 0 heterocycles. The molecule has 0 atom stereocenters. The first-order valence-electron chi connectivity index (χ1n) is 7.35. The van der Waals surface area contributed by atoms with Gasteiger partial charge in [0.2, 0.25) is 0 Å². The van der Waals surface area contributed by atoms with Crippen LogP contribution >= 0.6 is 0 Å². The number of carboxylic acid groups (broad SMARTS) is 1. The van der Waals surface area contributed by atoms with Gasteiger partial charge in [0.05, 0.1) is 11.9 Å². The summed E-state index contributed by atoms with van der Waals surface area (Å²) in [5.74, 6) is -60.0. The Bertz CT molecular complexity index is 762. The zero-order chi connectivity index (χ0) is 27.3. The van der Waals surface area contributed by atoms with Gasteiger partial charge in [-0.1, -0.05) is 0 Å². The summed E-state index contributed by atoms with van der Waals surface area (Å²) in [7, 11) is 0. The van der Waals surface area contributed by atoms with Crippen molar-refractivity contribution in [2.24, 2.45) is 0 Å². The molecular formula is C13H6F18O2. The number of hydrogen-bond acceptors (Lipinski definition) is 1. The molecule has 0 aromatic rings. The molecule has 0 saturated carbocycles. The van der Waals surface area contributed by atoms with E-state index in [0.29, 0.717) is 0 Å². The van der Waals surface area contributed by atoms with Crippen LogP contribution in [0.1, 0.15) is 12.8 Å². The average molecular weight is 536 g/mol. The molecule has 0 spiro atoms. The van der Waals surface area contributed by atoms with Crippen molar-refractivity contribution in [3.8, 4) is 0 Å². The largest absolute Gasteiger partial charge is 0.478 e. The zero-order valence-corrected chi connectivity index (χ0v) is 14.7. The summed E-state index contributed by atoms with van der Waals surface area (Å²) < 4.78 is 233. The van der Waals surface area contributed by atoms with Gasteiger partial charge in [0.1, 0.15) is 0 Å². The molecule has 0 amide bonds. The lowest BCUT2D eigenvalue weighted by Crippen LogP contribution is -2.74. The highest BCUT2D eigenvalue weighted by molar-refractivity contribution is 5.86. The van der Waals surface area contributed by atoms with E-state index in [0.717, 1.165) is 0 Å². The summed E-state index contributed by atoms with van der Waals surface area (Å²) in [6.07, 6.45) is -14.1. The summed E-state index contributed by atoms with van der Waals surface area (Å²) in [5, 5.41) is 8.25. The zero-order valence-electron chi connectivity index (χ0n) is 14.7. The average Bonchev–Trinajstić information content (AvgIpc) is 2.59. The van der Waals surface area contributed by atoms with Crippen molar-refractivity contribution in [2.75, 3.05) is 0 Å². The van der Waals surface area contributed by atoms with Crippen molar-refractivity contribution in [2.45, 2.75) is 60.5 Å². The van der Waals surface area contributed by atoms with E-state index in [9.17, 15) is 83.8 Å². The molecule has 196 valence electrons. The third-order valence-electron chi connectivity index (χ3n) is 3.90. The lowest BCUT2D eigenvalue weighted by molar-refractivity contribution is -0.461. The Hall–Kier alpha value is -2.05. The maximum Gasteiger partial charge on any atom is 0.460 e. The van der Waals surface area contributed by atoms with Crippen LogP contribution in [-0.2, 0) is 4.79 Å². The van der Waals surface area contributed by atoms with Gasteiger partial charge >= 0.3 is 53.6 Å². The van der Waals surface area contributed by atoms with Crippen molar-refractivity contribution < 1.29 is 88.9 Å². The third kappa shape index (κ3) is 4.40. The number of alkyl halides is 17. The van der Waals surface area contributed by atoms with Crippen LogP contribution in [0.5, 0.6) is 0 Å². The summed E-state index contributed by atoms with van der Waals surface area (Å²) in [6.45, 7) is 0. The fraction of sp³-hybridized carbons (Fsp3) is 0.769. The molecule has 0 aliphatic heterocycles. The number of carbonyl (C=O) groups is 1. The third-order valence-corrected chi connectivity index (χ3v) is 3.90. The van der Waals surface area contributed by atoms with Gasteiger partial charge in [0.25, 0.3) is 0 Å². The SMILES string of the molecule is O=C(O)C(=CF)CCC(F)(F)C(F)(F)C(F)(F)C(F)(F)C(F)(F)C(F)(F)C(F)(F)C(F)(F)F. The summed E-state index contributed by atoms with van der Waals surface area (Å²) in [4.78, 5) is 10.3. The fourth-order valence-electron chi connectivity index (χ4n) is 1.85. The van der Waals surface area contributed by atoms with Crippen molar-refractivity contribution >= 4 is 5.97 Å². The Morgan fingerprint density at radius 1 is 0.576 bits per heavy atom. The first-order valence-corrected chi connectivity index (χ1v) is 7.35. The van der Waals surface area contributed by atoms with Crippen LogP contribution < -0.4 is 0 Å². The van der Waals surface area contributed by atoms with Gasteiger partial charge in [-0.05, 0) is 6.42 Å². The van der Waals surface area contributed by atoms with Gasteiger partial charge in [-0.15, -0.1) is 0 Å². The molecule has 20 heteroatoms. The van der Waals surface area contributed by atoms with Crippen molar-refractivity contribution in [3.63, 3.8) is 0 Å². The van der Waals surface area contributed by atoms with Crippen LogP contribution in [0, 0.1) is 0 Å². The van der Waals surface area contributed by atoms with Gasteiger partial charge in [0, 0.05) is 6.42 Å². The van der Waals surface area contributed by atoms with Gasteiger partial charge in [-0.25, -0.2) is 9.18 Å². The van der Waals surface area contributed by atoms with Crippen LogP contribution in [-0.4, -0.2) is 58.7 Å². The van der Waals surface area contributed by atoms with E-state index in [2.05, 4.69) is 0 Å². The number of carboxylic acids is 1. The monoisotopic (exact) mass is 536 g/mol. The first kappa shape index (κ1) is 30.9. The van der Waals surface area contributed by atoms with Crippen LogP contribution in [0.15, 0.2) is 11.9 Å². The molecule has 0 aliphatic rings. The van der Waals surface area contributed by atoms with Gasteiger partial charge < -0.3 is 5.11 Å². The van der Waals surface area contributed by atoms with E-state index >= 15 is 0 Å². The molecule has 0 aliphatic carbocycles. The van der Waals surface area contributed by atoms with Crippen LogP contribution in [0.3, 0.4) is 0 Å². The predicted molar refractivity (Wildman–Crippen MR) is 66.7 cm³/mol. The molecule has 1 N–H and O–H groups in total. The standard InChI is InChI=1S/C13H6F18O2/c14-3-4(5(32)33)1-2-6(15,16)7(17,18)8(19,20)9(21,22)10(23,24)11(25,26)12(27,28)13(29,30)31/h3H,1-2H2,(H,32,33). The quantitative estimate of drug-likeness (QED) is 0.249. The highest BCUT2D eigenvalue weighted by Crippen LogP contribution is 2.64. The highest BCUT2D eigenvalue weighted by Gasteiger charge is 2.95. The van der Waals surface area contributed by atoms with Gasteiger partial charge in [-0.2, -0.15) is 74.6 Å². The van der Waals surface area contributed by atoms with E-state index in [4.69, 9.17) is 5.11 Å². The van der Waals surface area contributed by atoms with Gasteiger partial charge in [-0.3, -0.25) is 0 Å². The molecule has 0 aromatic carbocycles. The van der Waals surface area contributed by atoms with E-state index in [1.165, 1.54) is 0 Å². The molecular weight excluding hydrogens is 530 g/mol. The van der Waals surface area contributed by atoms with Crippen molar-refractivity contribution in [1.82, 2.24) is 0 Å². The predicted octanol–water partition coefficient (Wildman–Crippen LogP) is 6.71. The first-order chi connectivity index (χ1) is 14.1. The molecule has 0 unspecified atom stereocenters. The van der Waals surface area contributed by atoms with Crippen LogP contribution in [0.4, 0.5) is 79.0 Å². The summed E-state index contributed by atoms with van der Waals surface area (Å²) >= 11 is 0. The van der Waals surface area contributed by atoms with Crippen LogP contribution in [0.25, 0.3) is 0 Å². The molecule has 0 radical (unpaired) electrons. The lowest BCUT2D eigenvalue weighted by Gasteiger charge is -2.42. The maximum atomic E-state index is 13.5. The molecule has 2 nitrogen and oxygen atoms in total. The Balaban J connectivity index is 6.56. The summed E-state index contributed by atoms with van der Waals surface area (Å²) in [6, 6.07) is 0. The minimum atomic E-state index is -8.74. The van der Waals surface area contributed by atoms with E-state index < -0.39 is 78.3 Å². The maximum absolute atomic E-state index is 13.5. The van der Waals surface area contributed by atoms with E-state index in [1.54, 1.807) is 0 Å². The minimum Gasteiger partial charge on any atom is -0.478 e. The van der Waals surface area contributed by atoms with Crippen molar-refractivity contribution in [3.05, 3.63) is 11.9 Å². The minimum absolute atomic E-state index is 1.07. The fourth-order valence-corrected chi connectivity index (χ4v) is 1.85. The summed E-state index contributed by atoms with van der Waals surface area (Å²) in [5.41, 5.74) is -1.89. The van der Waals surface area contributed by atoms with Gasteiger partial charge in [0.15, 0.2) is 0 Å². The molecule has 0 aromatic heterocycles. The Morgan fingerprint density at radius 2 is 0.879 bits per heavy atom. The Kier molecular flexibility index (Phi) is 7.80. The molecule has 0 bridgehead atoms.